The summed E-state index contributed by atoms with van der Waals surface area (Å²) in [4.78, 5) is 48.0. The molecule has 154 valence electrons. The maximum Gasteiger partial charge on any atom is 0.408 e. The molecular weight excluding hydrogens is 370 g/mol. The van der Waals surface area contributed by atoms with Gasteiger partial charge in [-0.2, -0.15) is 0 Å². The van der Waals surface area contributed by atoms with Crippen LogP contribution < -0.4 is 5.32 Å². The SMILES string of the molecule is C=CC(C(=O)O)C1=C(C(C)C(=O)O)CN2C[C@H](NC(=O)OC(C)(C)C)C(=O)N12. The van der Waals surface area contributed by atoms with Gasteiger partial charge in [0, 0.05) is 13.1 Å². The van der Waals surface area contributed by atoms with Gasteiger partial charge in [-0.15, -0.1) is 6.58 Å². The van der Waals surface area contributed by atoms with E-state index >= 15 is 0 Å². The van der Waals surface area contributed by atoms with Gasteiger partial charge < -0.3 is 20.3 Å². The number of carbonyl (C=O) groups is 4. The van der Waals surface area contributed by atoms with E-state index in [1.54, 1.807) is 20.8 Å². The number of ether oxygens (including phenoxy) is 1. The Balaban J connectivity index is 2.33. The number of hydrogen-bond acceptors (Lipinski definition) is 6. The third-order valence-corrected chi connectivity index (χ3v) is 4.47. The highest BCUT2D eigenvalue weighted by molar-refractivity contribution is 5.91. The van der Waals surface area contributed by atoms with Crippen LogP contribution in [0.15, 0.2) is 23.9 Å². The van der Waals surface area contributed by atoms with Gasteiger partial charge in [-0.3, -0.25) is 14.4 Å². The maximum atomic E-state index is 12.9. The van der Waals surface area contributed by atoms with E-state index in [0.717, 1.165) is 11.1 Å². The highest BCUT2D eigenvalue weighted by Crippen LogP contribution is 2.37. The molecule has 0 bridgehead atoms. The molecule has 0 aromatic carbocycles. The predicted molar refractivity (Wildman–Crippen MR) is 96.7 cm³/mol. The lowest BCUT2D eigenvalue weighted by Gasteiger charge is -2.24. The zero-order chi connectivity index (χ0) is 21.4. The van der Waals surface area contributed by atoms with Crippen LogP contribution >= 0.6 is 0 Å². The van der Waals surface area contributed by atoms with Crippen molar-refractivity contribution in [2.75, 3.05) is 13.1 Å². The molecule has 28 heavy (non-hydrogen) atoms. The first-order valence-corrected chi connectivity index (χ1v) is 8.76. The normalized spacial score (nSPS) is 21.9. The molecule has 2 amide bonds. The fourth-order valence-corrected chi connectivity index (χ4v) is 3.20. The van der Waals surface area contributed by atoms with Crippen molar-refractivity contribution < 1.29 is 34.1 Å². The second-order valence-corrected chi connectivity index (χ2v) is 7.72. The van der Waals surface area contributed by atoms with Crippen molar-refractivity contribution >= 4 is 23.9 Å². The van der Waals surface area contributed by atoms with E-state index in [-0.39, 0.29) is 18.8 Å². The monoisotopic (exact) mass is 395 g/mol. The number of carboxylic acid groups (broad SMARTS) is 2. The lowest BCUT2D eigenvalue weighted by Crippen LogP contribution is -2.45. The molecule has 3 atom stereocenters. The number of nitrogens with zero attached hydrogens (tertiary/aromatic N) is 2. The second kappa shape index (κ2) is 7.63. The molecule has 2 rings (SSSR count). The van der Waals surface area contributed by atoms with E-state index in [9.17, 15) is 29.4 Å². The lowest BCUT2D eigenvalue weighted by molar-refractivity contribution is -0.142. The Morgan fingerprint density at radius 3 is 2.36 bits per heavy atom. The Morgan fingerprint density at radius 2 is 1.89 bits per heavy atom. The Hall–Kier alpha value is -2.88. The summed E-state index contributed by atoms with van der Waals surface area (Å²) in [6.45, 7) is 10.1. The fourth-order valence-electron chi connectivity index (χ4n) is 3.20. The Labute approximate surface area is 162 Å². The molecule has 1 saturated heterocycles. The van der Waals surface area contributed by atoms with Gasteiger partial charge in [0.05, 0.1) is 11.6 Å². The molecule has 0 saturated carbocycles. The number of aliphatic carboxylic acids is 2. The molecule has 10 nitrogen and oxygen atoms in total. The molecule has 2 aliphatic rings. The molecule has 0 aliphatic carbocycles. The Kier molecular flexibility index (Phi) is 5.83. The minimum Gasteiger partial charge on any atom is -0.481 e. The van der Waals surface area contributed by atoms with E-state index in [4.69, 9.17) is 4.74 Å². The largest absolute Gasteiger partial charge is 0.481 e. The van der Waals surface area contributed by atoms with Crippen LogP contribution in [0.4, 0.5) is 4.79 Å². The van der Waals surface area contributed by atoms with Gasteiger partial charge >= 0.3 is 18.0 Å². The third kappa shape index (κ3) is 4.16. The predicted octanol–water partition coefficient (Wildman–Crippen LogP) is 0.814. The van der Waals surface area contributed by atoms with Gasteiger partial charge in [0.15, 0.2) is 0 Å². The summed E-state index contributed by atoms with van der Waals surface area (Å²) in [5.41, 5.74) is -0.353. The van der Waals surface area contributed by atoms with Crippen LogP contribution in [0.5, 0.6) is 0 Å². The zero-order valence-corrected chi connectivity index (χ0v) is 16.3. The minimum absolute atomic E-state index is 0.0656. The maximum absolute atomic E-state index is 12.9. The number of carbonyl (C=O) groups excluding carboxylic acids is 2. The Morgan fingerprint density at radius 1 is 1.29 bits per heavy atom. The van der Waals surface area contributed by atoms with Gasteiger partial charge in [-0.05, 0) is 33.3 Å². The molecule has 0 spiro atoms. The van der Waals surface area contributed by atoms with E-state index in [2.05, 4.69) is 11.9 Å². The van der Waals surface area contributed by atoms with Crippen molar-refractivity contribution in [1.82, 2.24) is 15.3 Å². The van der Waals surface area contributed by atoms with Gasteiger partial charge in [0.1, 0.15) is 17.6 Å². The summed E-state index contributed by atoms with van der Waals surface area (Å²) in [5.74, 6) is -5.17. The van der Waals surface area contributed by atoms with Crippen molar-refractivity contribution in [3.63, 3.8) is 0 Å². The number of carboxylic acids is 2. The molecule has 10 heteroatoms. The number of rotatable bonds is 6. The van der Waals surface area contributed by atoms with Gasteiger partial charge in [0.2, 0.25) is 0 Å². The molecule has 2 heterocycles. The number of alkyl carbamates (subject to hydrolysis) is 1. The van der Waals surface area contributed by atoms with Gasteiger partial charge in [-0.25, -0.2) is 14.8 Å². The van der Waals surface area contributed by atoms with Crippen LogP contribution in [0.25, 0.3) is 0 Å². The summed E-state index contributed by atoms with van der Waals surface area (Å²) in [5, 5.41) is 24.0. The zero-order valence-electron chi connectivity index (χ0n) is 16.3. The quantitative estimate of drug-likeness (QED) is 0.562. The summed E-state index contributed by atoms with van der Waals surface area (Å²) in [6, 6.07) is -0.939. The minimum atomic E-state index is -1.26. The summed E-state index contributed by atoms with van der Waals surface area (Å²) in [6.07, 6.45) is 0.383. The Bertz CT molecular complexity index is 753. The molecule has 1 fully saturated rings. The fraction of sp³-hybridized carbons (Fsp3) is 0.556. The van der Waals surface area contributed by atoms with Gasteiger partial charge in [-0.1, -0.05) is 6.08 Å². The molecule has 3 N–H and O–H groups in total. The summed E-state index contributed by atoms with van der Waals surface area (Å²) in [7, 11) is 0. The average molecular weight is 395 g/mol. The standard InChI is InChI=1S/C18H25N3O7/c1-6-10(16(25)26)13-11(9(2)15(23)24)7-20-8-12(14(22)21(13)20)19-17(27)28-18(3,4)5/h6,9-10,12H,1,7-8H2,2-5H3,(H,19,27)(H,23,24)(H,25,26)/t9?,10?,12-/m0/s1. The van der Waals surface area contributed by atoms with E-state index in [1.807, 2.05) is 0 Å². The van der Waals surface area contributed by atoms with Crippen molar-refractivity contribution in [1.29, 1.82) is 0 Å². The average Bonchev–Trinajstić information content (AvgIpc) is 3.03. The van der Waals surface area contributed by atoms with Crippen molar-refractivity contribution in [3.05, 3.63) is 23.9 Å². The van der Waals surface area contributed by atoms with E-state index < -0.39 is 47.4 Å². The van der Waals surface area contributed by atoms with Crippen molar-refractivity contribution in [3.8, 4) is 0 Å². The first-order valence-electron chi connectivity index (χ1n) is 8.76. The highest BCUT2D eigenvalue weighted by Gasteiger charge is 2.49. The van der Waals surface area contributed by atoms with Crippen LogP contribution in [0.1, 0.15) is 27.7 Å². The summed E-state index contributed by atoms with van der Waals surface area (Å²) >= 11 is 0. The molecule has 2 aliphatic heterocycles. The molecular formula is C18H25N3O7. The summed E-state index contributed by atoms with van der Waals surface area (Å²) < 4.78 is 5.16. The molecule has 0 aromatic heterocycles. The van der Waals surface area contributed by atoms with E-state index in [1.165, 1.54) is 11.9 Å². The molecule has 0 aromatic rings. The second-order valence-electron chi connectivity index (χ2n) is 7.72. The van der Waals surface area contributed by atoms with Crippen molar-refractivity contribution in [2.24, 2.45) is 11.8 Å². The van der Waals surface area contributed by atoms with E-state index in [0.29, 0.717) is 5.57 Å². The third-order valence-electron chi connectivity index (χ3n) is 4.47. The first kappa shape index (κ1) is 21.4. The van der Waals surface area contributed by atoms with Crippen LogP contribution in [0.3, 0.4) is 0 Å². The smallest absolute Gasteiger partial charge is 0.408 e. The van der Waals surface area contributed by atoms with Crippen LogP contribution in [-0.2, 0) is 19.1 Å². The number of amides is 2. The first-order chi connectivity index (χ1) is 12.9. The number of hydrazine groups is 1. The highest BCUT2D eigenvalue weighted by atomic mass is 16.6. The molecule has 2 unspecified atom stereocenters. The van der Waals surface area contributed by atoms with Crippen molar-refractivity contribution in [2.45, 2.75) is 39.3 Å². The number of hydrogen-bond donors (Lipinski definition) is 3. The number of fused-ring (bicyclic) bond motifs is 1. The van der Waals surface area contributed by atoms with Crippen LogP contribution in [-0.4, -0.2) is 68.9 Å². The van der Waals surface area contributed by atoms with Crippen LogP contribution in [0.2, 0.25) is 0 Å². The van der Waals surface area contributed by atoms with Crippen LogP contribution in [0, 0.1) is 11.8 Å². The molecule has 0 radical (unpaired) electrons. The number of nitrogens with one attached hydrogen (secondary N) is 1. The lowest BCUT2D eigenvalue weighted by atomic mass is 9.93. The topological polar surface area (TPSA) is 136 Å². The van der Waals surface area contributed by atoms with Gasteiger partial charge in [0.25, 0.3) is 5.91 Å².